The van der Waals surface area contributed by atoms with Crippen LogP contribution in [0.25, 0.3) is 0 Å². The Labute approximate surface area is 123 Å². The Kier molecular flexibility index (Phi) is 3.92. The zero-order chi connectivity index (χ0) is 14.8. The number of carbonyl (C=O) groups excluding carboxylic acids is 2. The van der Waals surface area contributed by atoms with E-state index >= 15 is 0 Å². The highest BCUT2D eigenvalue weighted by atomic mass is 16.5. The van der Waals surface area contributed by atoms with Gasteiger partial charge in [0.15, 0.2) is 6.10 Å². The van der Waals surface area contributed by atoms with E-state index in [9.17, 15) is 9.59 Å². The Balaban J connectivity index is 1.65. The molecule has 0 bridgehead atoms. The zero-order valence-corrected chi connectivity index (χ0v) is 12.0. The Hall–Kier alpha value is -1.88. The second kappa shape index (κ2) is 5.85. The maximum absolute atomic E-state index is 12.3. The molecule has 0 aromatic heterocycles. The van der Waals surface area contributed by atoms with E-state index in [0.717, 1.165) is 25.0 Å². The number of hydrogen-bond donors (Lipinski definition) is 1. The van der Waals surface area contributed by atoms with E-state index in [1.54, 1.807) is 12.1 Å². The van der Waals surface area contributed by atoms with Gasteiger partial charge in [0.1, 0.15) is 0 Å². The van der Waals surface area contributed by atoms with Gasteiger partial charge in [-0.25, -0.2) is 4.79 Å². The molecule has 0 saturated carbocycles. The van der Waals surface area contributed by atoms with Gasteiger partial charge in [0.25, 0.3) is 5.91 Å². The van der Waals surface area contributed by atoms with E-state index in [4.69, 9.17) is 9.47 Å². The summed E-state index contributed by atoms with van der Waals surface area (Å²) in [6.07, 6.45) is 1.70. The highest BCUT2D eigenvalue weighted by molar-refractivity contribution is 5.95. The number of ether oxygens (including phenoxy) is 2. The largest absolute Gasteiger partial charge is 0.448 e. The van der Waals surface area contributed by atoms with Gasteiger partial charge in [-0.05, 0) is 31.4 Å². The lowest BCUT2D eigenvalue weighted by Crippen LogP contribution is -2.48. The monoisotopic (exact) mass is 289 g/mol. The molecule has 3 atom stereocenters. The Morgan fingerprint density at radius 2 is 2.19 bits per heavy atom. The predicted octanol–water partition coefficient (Wildman–Crippen LogP) is 1.45. The van der Waals surface area contributed by atoms with Gasteiger partial charge in [0.2, 0.25) is 0 Å². The normalized spacial score (nSPS) is 25.9. The van der Waals surface area contributed by atoms with Crippen LogP contribution in [0, 0.1) is 0 Å². The average Bonchev–Trinajstić information content (AvgIpc) is 3.01. The topological polar surface area (TPSA) is 64.6 Å². The molecule has 5 nitrogen and oxygen atoms in total. The van der Waals surface area contributed by atoms with Gasteiger partial charge in [-0.3, -0.25) is 4.79 Å². The first-order chi connectivity index (χ1) is 10.1. The summed E-state index contributed by atoms with van der Waals surface area (Å²) in [5.41, 5.74) is 1.41. The van der Waals surface area contributed by atoms with E-state index < -0.39 is 12.1 Å². The quantitative estimate of drug-likeness (QED) is 0.855. The maximum atomic E-state index is 12.3. The molecule has 21 heavy (non-hydrogen) atoms. The molecule has 1 aromatic carbocycles. The fourth-order valence-electron chi connectivity index (χ4n) is 2.88. The second-order valence-corrected chi connectivity index (χ2v) is 5.60. The fraction of sp³-hybridized carbons (Fsp3) is 0.500. The van der Waals surface area contributed by atoms with Gasteiger partial charge < -0.3 is 14.8 Å². The highest BCUT2D eigenvalue weighted by Gasteiger charge is 2.33. The molecule has 1 amide bonds. The third-order valence-corrected chi connectivity index (χ3v) is 4.08. The first-order valence-electron chi connectivity index (χ1n) is 7.36. The van der Waals surface area contributed by atoms with Gasteiger partial charge in [-0.15, -0.1) is 0 Å². The highest BCUT2D eigenvalue weighted by Crippen LogP contribution is 2.21. The van der Waals surface area contributed by atoms with Gasteiger partial charge in [-0.1, -0.05) is 18.2 Å². The average molecular weight is 289 g/mol. The molecule has 3 rings (SSSR count). The van der Waals surface area contributed by atoms with E-state index in [-0.39, 0.29) is 18.1 Å². The third-order valence-electron chi connectivity index (χ3n) is 4.08. The summed E-state index contributed by atoms with van der Waals surface area (Å²) in [7, 11) is 0. The van der Waals surface area contributed by atoms with Crippen molar-refractivity contribution in [3.05, 3.63) is 35.4 Å². The number of rotatable bonds is 3. The first-order valence-corrected chi connectivity index (χ1v) is 7.36. The molecule has 5 heteroatoms. The second-order valence-electron chi connectivity index (χ2n) is 5.60. The molecule has 2 heterocycles. The summed E-state index contributed by atoms with van der Waals surface area (Å²) in [5.74, 6) is -0.678. The molecule has 112 valence electrons. The van der Waals surface area contributed by atoms with Gasteiger partial charge in [0.05, 0.1) is 17.7 Å². The van der Waals surface area contributed by atoms with Gasteiger partial charge in [0, 0.05) is 13.0 Å². The van der Waals surface area contributed by atoms with Crippen LogP contribution in [0.1, 0.15) is 35.7 Å². The number of esters is 1. The summed E-state index contributed by atoms with van der Waals surface area (Å²) in [4.78, 5) is 24.2. The summed E-state index contributed by atoms with van der Waals surface area (Å²) >= 11 is 0. The summed E-state index contributed by atoms with van der Waals surface area (Å²) in [6, 6.07) is 7.16. The maximum Gasteiger partial charge on any atom is 0.339 e. The van der Waals surface area contributed by atoms with Crippen molar-refractivity contribution in [1.29, 1.82) is 0 Å². The summed E-state index contributed by atoms with van der Waals surface area (Å²) in [5, 5.41) is 2.90. The van der Waals surface area contributed by atoms with Crippen molar-refractivity contribution in [2.75, 3.05) is 6.61 Å². The molecule has 0 radical (unpaired) electrons. The molecule has 2 aliphatic rings. The molecule has 2 aliphatic heterocycles. The number of cyclic esters (lactones) is 1. The van der Waals surface area contributed by atoms with Crippen molar-refractivity contribution < 1.29 is 19.1 Å². The van der Waals surface area contributed by atoms with Crippen LogP contribution in [0.2, 0.25) is 0 Å². The number of benzene rings is 1. The van der Waals surface area contributed by atoms with Crippen molar-refractivity contribution in [1.82, 2.24) is 5.32 Å². The minimum absolute atomic E-state index is 0.0560. The predicted molar refractivity (Wildman–Crippen MR) is 75.9 cm³/mol. The summed E-state index contributed by atoms with van der Waals surface area (Å²) < 4.78 is 10.8. The molecule has 0 aliphatic carbocycles. The molecule has 1 aromatic rings. The van der Waals surface area contributed by atoms with E-state index in [0.29, 0.717) is 12.0 Å². The van der Waals surface area contributed by atoms with Crippen LogP contribution in [0.15, 0.2) is 24.3 Å². The molecule has 1 N–H and O–H groups in total. The van der Waals surface area contributed by atoms with Crippen LogP contribution in [-0.2, 0) is 20.7 Å². The van der Waals surface area contributed by atoms with Crippen molar-refractivity contribution in [2.24, 2.45) is 0 Å². The van der Waals surface area contributed by atoms with Crippen LogP contribution in [0.3, 0.4) is 0 Å². The molecule has 0 spiro atoms. The minimum Gasteiger partial charge on any atom is -0.448 e. The van der Waals surface area contributed by atoms with Gasteiger partial charge >= 0.3 is 5.97 Å². The fourth-order valence-corrected chi connectivity index (χ4v) is 2.88. The Morgan fingerprint density at radius 1 is 1.38 bits per heavy atom. The number of amides is 1. The molecule has 1 saturated heterocycles. The van der Waals surface area contributed by atoms with E-state index in [2.05, 4.69) is 5.32 Å². The lowest BCUT2D eigenvalue weighted by molar-refractivity contribution is -0.131. The smallest absolute Gasteiger partial charge is 0.339 e. The number of nitrogens with one attached hydrogen (secondary N) is 1. The molecule has 0 unspecified atom stereocenters. The van der Waals surface area contributed by atoms with Crippen LogP contribution in [-0.4, -0.2) is 36.7 Å². The molecular formula is C16H19NO4. The minimum atomic E-state index is -0.753. The van der Waals surface area contributed by atoms with Crippen molar-refractivity contribution in [3.63, 3.8) is 0 Å². The SMILES string of the molecule is C[C@H](NC(=O)[C@@H]1Cc2ccccc2C(=O)O1)[C@@H]1CCCO1. The number of fused-ring (bicyclic) bond motifs is 1. The van der Waals surface area contributed by atoms with Gasteiger partial charge in [-0.2, -0.15) is 0 Å². The van der Waals surface area contributed by atoms with Crippen LogP contribution < -0.4 is 5.32 Å². The first kappa shape index (κ1) is 14.1. The van der Waals surface area contributed by atoms with E-state index in [1.165, 1.54) is 0 Å². The zero-order valence-electron chi connectivity index (χ0n) is 12.0. The van der Waals surface area contributed by atoms with Crippen molar-refractivity contribution >= 4 is 11.9 Å². The number of hydrogen-bond acceptors (Lipinski definition) is 4. The lowest BCUT2D eigenvalue weighted by atomic mass is 9.98. The standard InChI is InChI=1S/C16H19NO4/c1-10(13-7-4-8-20-13)17-15(18)14-9-11-5-2-3-6-12(11)16(19)21-14/h2-3,5-6,10,13-14H,4,7-9H2,1H3,(H,17,18)/t10-,13-,14-/m0/s1. The van der Waals surface area contributed by atoms with Crippen molar-refractivity contribution in [2.45, 2.75) is 44.4 Å². The van der Waals surface area contributed by atoms with Crippen LogP contribution in [0.4, 0.5) is 0 Å². The van der Waals surface area contributed by atoms with Crippen LogP contribution >= 0.6 is 0 Å². The summed E-state index contributed by atoms with van der Waals surface area (Å²) in [6.45, 7) is 2.67. The van der Waals surface area contributed by atoms with Crippen LogP contribution in [0.5, 0.6) is 0 Å². The van der Waals surface area contributed by atoms with Crippen molar-refractivity contribution in [3.8, 4) is 0 Å². The Morgan fingerprint density at radius 3 is 2.95 bits per heavy atom. The molecular weight excluding hydrogens is 270 g/mol. The Bertz CT molecular complexity index is 551. The van der Waals surface area contributed by atoms with E-state index in [1.807, 2.05) is 19.1 Å². The lowest BCUT2D eigenvalue weighted by Gasteiger charge is -2.26. The third kappa shape index (κ3) is 2.93. The number of carbonyl (C=O) groups is 2. The molecule has 1 fully saturated rings.